The van der Waals surface area contributed by atoms with Crippen LogP contribution in [0.5, 0.6) is 0 Å². The van der Waals surface area contributed by atoms with Gasteiger partial charge in [0.25, 0.3) is 0 Å². The van der Waals surface area contributed by atoms with Crippen molar-refractivity contribution < 1.29 is 14.3 Å². The summed E-state index contributed by atoms with van der Waals surface area (Å²) in [7, 11) is 1.38. The number of carbonyl (C=O) groups excluding carboxylic acids is 1. The maximum Gasteiger partial charge on any atom is 0.354 e. The van der Waals surface area contributed by atoms with Crippen LogP contribution >= 0.6 is 0 Å². The average Bonchev–Trinajstić information content (AvgIpc) is 3.08. The first-order valence-electron chi connectivity index (χ1n) is 6.88. The second-order valence-corrected chi connectivity index (χ2v) is 4.84. The molecule has 0 bridgehead atoms. The molecule has 0 spiro atoms. The Hall–Kier alpha value is -1.33. The van der Waals surface area contributed by atoms with Crippen LogP contribution in [0.1, 0.15) is 41.9 Å². The highest BCUT2D eigenvalue weighted by molar-refractivity contribution is 5.87. The van der Waals surface area contributed by atoms with E-state index in [1.54, 1.807) is 6.07 Å². The lowest BCUT2D eigenvalue weighted by Crippen LogP contribution is -2.22. The molecule has 0 atom stereocenters. The van der Waals surface area contributed by atoms with Gasteiger partial charge in [0.05, 0.1) is 19.8 Å². The van der Waals surface area contributed by atoms with Gasteiger partial charge >= 0.3 is 5.97 Å². The second-order valence-electron chi connectivity index (χ2n) is 4.84. The van der Waals surface area contributed by atoms with Crippen LogP contribution in [-0.2, 0) is 16.0 Å². The van der Waals surface area contributed by atoms with Crippen LogP contribution in [0.15, 0.2) is 12.1 Å². The van der Waals surface area contributed by atoms with Gasteiger partial charge in [-0.05, 0) is 25.0 Å². The zero-order valence-electron chi connectivity index (χ0n) is 11.4. The molecule has 0 aromatic carbocycles. The second kappa shape index (κ2) is 7.31. The van der Waals surface area contributed by atoms with Crippen LogP contribution in [0.25, 0.3) is 0 Å². The summed E-state index contributed by atoms with van der Waals surface area (Å²) >= 11 is 0. The maximum absolute atomic E-state index is 11.3. The lowest BCUT2D eigenvalue weighted by atomic mass is 10.3. The minimum Gasteiger partial charge on any atom is -0.464 e. The molecule has 2 rings (SSSR count). The van der Waals surface area contributed by atoms with E-state index in [-0.39, 0.29) is 5.97 Å². The molecule has 0 unspecified atom stereocenters. The van der Waals surface area contributed by atoms with Crippen molar-refractivity contribution >= 4 is 5.97 Å². The van der Waals surface area contributed by atoms with Crippen molar-refractivity contribution in [2.75, 3.05) is 20.3 Å². The summed E-state index contributed by atoms with van der Waals surface area (Å²) in [6.07, 6.45) is 5.49. The first kappa shape index (κ1) is 14.1. The number of hydrogen-bond donors (Lipinski definition) is 2. The van der Waals surface area contributed by atoms with E-state index in [0.29, 0.717) is 18.3 Å². The van der Waals surface area contributed by atoms with Gasteiger partial charge in [0.2, 0.25) is 0 Å². The molecular formula is C14H22N2O3. The van der Waals surface area contributed by atoms with Gasteiger partial charge in [-0.15, -0.1) is 0 Å². The minimum absolute atomic E-state index is 0.337. The molecule has 1 fully saturated rings. The van der Waals surface area contributed by atoms with Gasteiger partial charge in [0, 0.05) is 18.8 Å². The molecule has 0 aliphatic heterocycles. The van der Waals surface area contributed by atoms with Gasteiger partial charge in [-0.3, -0.25) is 0 Å². The van der Waals surface area contributed by atoms with E-state index in [4.69, 9.17) is 4.74 Å². The number of ether oxygens (including phenoxy) is 2. The number of H-pyrrole nitrogens is 1. The Bertz CT molecular complexity index is 397. The molecule has 0 radical (unpaired) electrons. The molecule has 0 amide bonds. The van der Waals surface area contributed by atoms with Crippen molar-refractivity contribution in [3.63, 3.8) is 0 Å². The van der Waals surface area contributed by atoms with E-state index >= 15 is 0 Å². The fraction of sp³-hybridized carbons (Fsp3) is 0.643. The highest BCUT2D eigenvalue weighted by Crippen LogP contribution is 2.20. The molecule has 5 nitrogen and oxygen atoms in total. The number of aromatic nitrogens is 1. The Morgan fingerprint density at radius 1 is 1.42 bits per heavy atom. The number of nitrogens with one attached hydrogen (secondary N) is 2. The standard InChI is InChI=1S/C14H22N2O3/c1-18-14(17)13-7-6-11(16-13)10-15-8-9-19-12-4-2-3-5-12/h6-7,12,15-16H,2-5,8-10H2,1H3. The topological polar surface area (TPSA) is 63.4 Å². The first-order chi connectivity index (χ1) is 9.29. The Morgan fingerprint density at radius 3 is 2.95 bits per heavy atom. The smallest absolute Gasteiger partial charge is 0.354 e. The molecule has 1 aliphatic carbocycles. The molecule has 0 saturated heterocycles. The van der Waals surface area contributed by atoms with Crippen LogP contribution in [0, 0.1) is 0 Å². The molecule has 106 valence electrons. The molecule has 1 aromatic rings. The van der Waals surface area contributed by atoms with Crippen molar-refractivity contribution in [3.8, 4) is 0 Å². The lowest BCUT2D eigenvalue weighted by molar-refractivity contribution is 0.0591. The van der Waals surface area contributed by atoms with Gasteiger partial charge < -0.3 is 19.8 Å². The Balaban J connectivity index is 1.60. The van der Waals surface area contributed by atoms with Gasteiger partial charge in [0.1, 0.15) is 5.69 Å². The van der Waals surface area contributed by atoms with E-state index in [1.165, 1.54) is 32.8 Å². The summed E-state index contributed by atoms with van der Waals surface area (Å²) in [4.78, 5) is 14.3. The summed E-state index contributed by atoms with van der Waals surface area (Å²) in [5, 5.41) is 3.29. The minimum atomic E-state index is -0.337. The third kappa shape index (κ3) is 4.36. The normalized spacial score (nSPS) is 15.8. The number of aromatic amines is 1. The molecule has 1 aliphatic rings. The van der Waals surface area contributed by atoms with Crippen LogP contribution < -0.4 is 5.32 Å². The summed E-state index contributed by atoms with van der Waals surface area (Å²) < 4.78 is 10.4. The third-order valence-electron chi connectivity index (χ3n) is 3.40. The van der Waals surface area contributed by atoms with Gasteiger partial charge in [-0.1, -0.05) is 12.8 Å². The molecule has 1 saturated carbocycles. The maximum atomic E-state index is 11.3. The molecule has 2 N–H and O–H groups in total. The van der Waals surface area contributed by atoms with Crippen LogP contribution in [-0.4, -0.2) is 37.3 Å². The molecular weight excluding hydrogens is 244 g/mol. The third-order valence-corrected chi connectivity index (χ3v) is 3.40. The van der Waals surface area contributed by atoms with Gasteiger partial charge in [0.15, 0.2) is 0 Å². The highest BCUT2D eigenvalue weighted by atomic mass is 16.5. The van der Waals surface area contributed by atoms with Crippen molar-refractivity contribution in [3.05, 3.63) is 23.5 Å². The monoisotopic (exact) mass is 266 g/mol. The molecule has 1 aromatic heterocycles. The predicted molar refractivity (Wildman–Crippen MR) is 72.0 cm³/mol. The van der Waals surface area contributed by atoms with Crippen LogP contribution in [0.4, 0.5) is 0 Å². The van der Waals surface area contributed by atoms with Crippen molar-refractivity contribution in [1.29, 1.82) is 0 Å². The SMILES string of the molecule is COC(=O)c1ccc(CNCCOC2CCCC2)[nH]1. The largest absolute Gasteiger partial charge is 0.464 e. The van der Waals surface area contributed by atoms with Crippen LogP contribution in [0.2, 0.25) is 0 Å². The number of rotatable bonds is 7. The number of hydrogen-bond acceptors (Lipinski definition) is 4. The van der Waals surface area contributed by atoms with E-state index in [9.17, 15) is 4.79 Å². The van der Waals surface area contributed by atoms with Crippen molar-refractivity contribution in [2.45, 2.75) is 38.3 Å². The molecule has 1 heterocycles. The predicted octanol–water partition coefficient (Wildman–Crippen LogP) is 1.85. The number of methoxy groups -OCH3 is 1. The summed E-state index contributed by atoms with van der Waals surface area (Å²) in [6, 6.07) is 3.62. The fourth-order valence-electron chi connectivity index (χ4n) is 2.35. The summed E-state index contributed by atoms with van der Waals surface area (Å²) in [5.74, 6) is -0.337. The molecule has 19 heavy (non-hydrogen) atoms. The lowest BCUT2D eigenvalue weighted by Gasteiger charge is -2.11. The average molecular weight is 266 g/mol. The van der Waals surface area contributed by atoms with E-state index < -0.39 is 0 Å². The van der Waals surface area contributed by atoms with Crippen molar-refractivity contribution in [1.82, 2.24) is 10.3 Å². The fourth-order valence-corrected chi connectivity index (χ4v) is 2.35. The summed E-state index contributed by atoms with van der Waals surface area (Å²) in [6.45, 7) is 2.27. The zero-order chi connectivity index (χ0) is 13.5. The van der Waals surface area contributed by atoms with Crippen LogP contribution in [0.3, 0.4) is 0 Å². The van der Waals surface area contributed by atoms with Crippen molar-refractivity contribution in [2.24, 2.45) is 0 Å². The summed E-state index contributed by atoms with van der Waals surface area (Å²) in [5.41, 5.74) is 1.46. The van der Waals surface area contributed by atoms with E-state index in [1.807, 2.05) is 6.07 Å². The Morgan fingerprint density at radius 2 is 2.21 bits per heavy atom. The quantitative estimate of drug-likeness (QED) is 0.584. The first-order valence-corrected chi connectivity index (χ1v) is 6.88. The Labute approximate surface area is 113 Å². The van der Waals surface area contributed by atoms with E-state index in [0.717, 1.165) is 18.8 Å². The highest BCUT2D eigenvalue weighted by Gasteiger charge is 2.14. The number of carbonyl (C=O) groups is 1. The molecule has 5 heteroatoms. The van der Waals surface area contributed by atoms with Gasteiger partial charge in [-0.2, -0.15) is 0 Å². The zero-order valence-corrected chi connectivity index (χ0v) is 11.4. The number of esters is 1. The van der Waals surface area contributed by atoms with Gasteiger partial charge in [-0.25, -0.2) is 4.79 Å². The van der Waals surface area contributed by atoms with E-state index in [2.05, 4.69) is 15.0 Å². The Kier molecular flexibility index (Phi) is 5.42.